The predicted molar refractivity (Wildman–Crippen MR) is 55.6 cm³/mol. The van der Waals surface area contributed by atoms with Gasteiger partial charge in [-0.15, -0.1) is 0 Å². The minimum Gasteiger partial charge on any atom is -0.497 e. The molecule has 0 spiro atoms. The van der Waals surface area contributed by atoms with Gasteiger partial charge in [-0.05, 0) is 32.0 Å². The topological polar surface area (TPSA) is 34.1 Å². The Balaban J connectivity index is 2.13. The van der Waals surface area contributed by atoms with Crippen LogP contribution in [0.5, 0.6) is 5.75 Å². The van der Waals surface area contributed by atoms with Crippen molar-refractivity contribution in [1.29, 1.82) is 0 Å². The highest BCUT2D eigenvalue weighted by Crippen LogP contribution is 2.25. The maximum absolute atomic E-state index is 5.19. The second-order valence-electron chi connectivity index (χ2n) is 3.64. The maximum atomic E-state index is 5.19. The fraction of sp³-hybridized carbons (Fsp3) is 0.545. The molecule has 1 N–H and O–H groups in total. The lowest BCUT2D eigenvalue weighted by molar-refractivity contribution is 0.409. The number of pyridine rings is 1. The molecule has 3 heteroatoms. The van der Waals surface area contributed by atoms with Crippen molar-refractivity contribution in [3.8, 4) is 5.75 Å². The normalized spacial score (nSPS) is 18.1. The van der Waals surface area contributed by atoms with E-state index in [9.17, 15) is 0 Å². The van der Waals surface area contributed by atoms with Gasteiger partial charge >= 0.3 is 0 Å². The molecule has 1 aromatic heterocycles. The van der Waals surface area contributed by atoms with Gasteiger partial charge < -0.3 is 10.1 Å². The van der Waals surface area contributed by atoms with Gasteiger partial charge in [-0.25, -0.2) is 0 Å². The van der Waals surface area contributed by atoms with E-state index in [0.29, 0.717) is 5.92 Å². The van der Waals surface area contributed by atoms with Gasteiger partial charge in [0, 0.05) is 23.9 Å². The molecule has 0 radical (unpaired) electrons. The SMILES string of the molecule is COc1ccnc(C2CCNCC2)c1. The van der Waals surface area contributed by atoms with Crippen molar-refractivity contribution in [2.75, 3.05) is 20.2 Å². The highest BCUT2D eigenvalue weighted by Gasteiger charge is 2.16. The number of aromatic nitrogens is 1. The van der Waals surface area contributed by atoms with Crippen molar-refractivity contribution in [1.82, 2.24) is 10.3 Å². The molecule has 14 heavy (non-hydrogen) atoms. The van der Waals surface area contributed by atoms with Gasteiger partial charge in [0.15, 0.2) is 0 Å². The van der Waals surface area contributed by atoms with Crippen LogP contribution in [0, 0.1) is 0 Å². The van der Waals surface area contributed by atoms with Crippen molar-refractivity contribution in [2.45, 2.75) is 18.8 Å². The molecule has 2 heterocycles. The van der Waals surface area contributed by atoms with Crippen molar-refractivity contribution >= 4 is 0 Å². The molecule has 1 saturated heterocycles. The van der Waals surface area contributed by atoms with Gasteiger partial charge in [0.25, 0.3) is 0 Å². The van der Waals surface area contributed by atoms with Gasteiger partial charge in [0.2, 0.25) is 0 Å². The second-order valence-corrected chi connectivity index (χ2v) is 3.64. The minimum absolute atomic E-state index is 0.603. The molecule has 1 aromatic rings. The molecule has 0 aliphatic carbocycles. The standard InChI is InChI=1S/C11H16N2O/c1-14-10-4-7-13-11(8-10)9-2-5-12-6-3-9/h4,7-9,12H,2-3,5-6H2,1H3. The first-order chi connectivity index (χ1) is 6.90. The lowest BCUT2D eigenvalue weighted by atomic mass is 9.94. The van der Waals surface area contributed by atoms with Crippen molar-refractivity contribution in [3.05, 3.63) is 24.0 Å². The third-order valence-electron chi connectivity index (χ3n) is 2.75. The van der Waals surface area contributed by atoms with Crippen LogP contribution in [0.3, 0.4) is 0 Å². The second kappa shape index (κ2) is 4.42. The highest BCUT2D eigenvalue weighted by atomic mass is 16.5. The van der Waals surface area contributed by atoms with Crippen LogP contribution in [0.15, 0.2) is 18.3 Å². The van der Waals surface area contributed by atoms with Crippen LogP contribution < -0.4 is 10.1 Å². The molecule has 0 bridgehead atoms. The molecule has 1 fully saturated rings. The third-order valence-corrected chi connectivity index (χ3v) is 2.75. The molecule has 76 valence electrons. The fourth-order valence-electron chi connectivity index (χ4n) is 1.90. The zero-order valence-corrected chi connectivity index (χ0v) is 8.49. The van der Waals surface area contributed by atoms with Crippen molar-refractivity contribution < 1.29 is 4.74 Å². The molecule has 0 unspecified atom stereocenters. The summed E-state index contributed by atoms with van der Waals surface area (Å²) in [6.45, 7) is 2.20. The predicted octanol–water partition coefficient (Wildman–Crippen LogP) is 1.56. The summed E-state index contributed by atoms with van der Waals surface area (Å²) in [5.41, 5.74) is 1.17. The van der Waals surface area contributed by atoms with Gasteiger partial charge in [-0.1, -0.05) is 0 Å². The molecular weight excluding hydrogens is 176 g/mol. The summed E-state index contributed by atoms with van der Waals surface area (Å²) in [6.07, 6.45) is 4.19. The largest absolute Gasteiger partial charge is 0.497 e. The van der Waals surface area contributed by atoms with Crippen LogP contribution in [-0.2, 0) is 0 Å². The van der Waals surface area contributed by atoms with Crippen molar-refractivity contribution in [3.63, 3.8) is 0 Å². The van der Waals surface area contributed by atoms with Crippen LogP contribution in [0.2, 0.25) is 0 Å². The number of ether oxygens (including phenoxy) is 1. The molecule has 1 aliphatic rings. The molecule has 0 saturated carbocycles. The summed E-state index contributed by atoms with van der Waals surface area (Å²) in [4.78, 5) is 4.40. The molecule has 3 nitrogen and oxygen atoms in total. The van der Waals surface area contributed by atoms with E-state index >= 15 is 0 Å². The van der Waals surface area contributed by atoms with E-state index in [4.69, 9.17) is 4.74 Å². The van der Waals surface area contributed by atoms with Crippen LogP contribution in [0.4, 0.5) is 0 Å². The number of rotatable bonds is 2. The summed E-state index contributed by atoms with van der Waals surface area (Å²) in [7, 11) is 1.70. The molecule has 0 aromatic carbocycles. The Labute approximate surface area is 84.5 Å². The van der Waals surface area contributed by atoms with Crippen LogP contribution >= 0.6 is 0 Å². The van der Waals surface area contributed by atoms with E-state index in [1.807, 2.05) is 12.3 Å². The Morgan fingerprint density at radius 2 is 2.21 bits per heavy atom. The van der Waals surface area contributed by atoms with E-state index in [2.05, 4.69) is 16.4 Å². The molecule has 0 atom stereocenters. The van der Waals surface area contributed by atoms with E-state index in [-0.39, 0.29) is 0 Å². The molecule has 0 amide bonds. The van der Waals surface area contributed by atoms with E-state index in [1.54, 1.807) is 7.11 Å². The Kier molecular flexibility index (Phi) is 2.99. The summed E-state index contributed by atoms with van der Waals surface area (Å²) < 4.78 is 5.19. The summed E-state index contributed by atoms with van der Waals surface area (Å²) in [5.74, 6) is 1.51. The number of methoxy groups -OCH3 is 1. The molecule has 1 aliphatic heterocycles. The Morgan fingerprint density at radius 3 is 2.93 bits per heavy atom. The number of piperidine rings is 1. The first-order valence-electron chi connectivity index (χ1n) is 5.11. The number of nitrogens with one attached hydrogen (secondary N) is 1. The van der Waals surface area contributed by atoms with E-state index in [0.717, 1.165) is 18.8 Å². The van der Waals surface area contributed by atoms with Crippen LogP contribution in [-0.4, -0.2) is 25.2 Å². The quantitative estimate of drug-likeness (QED) is 0.772. The zero-order valence-electron chi connectivity index (χ0n) is 8.49. The lowest BCUT2D eigenvalue weighted by Gasteiger charge is -2.22. The summed E-state index contributed by atoms with van der Waals surface area (Å²) in [6, 6.07) is 3.95. The van der Waals surface area contributed by atoms with Gasteiger partial charge in [-0.2, -0.15) is 0 Å². The fourth-order valence-corrected chi connectivity index (χ4v) is 1.90. The average molecular weight is 192 g/mol. The van der Waals surface area contributed by atoms with Crippen molar-refractivity contribution in [2.24, 2.45) is 0 Å². The number of hydrogen-bond acceptors (Lipinski definition) is 3. The first-order valence-corrected chi connectivity index (χ1v) is 5.11. The zero-order chi connectivity index (χ0) is 9.80. The first kappa shape index (κ1) is 9.46. The number of hydrogen-bond donors (Lipinski definition) is 1. The van der Waals surface area contributed by atoms with E-state index in [1.165, 1.54) is 18.5 Å². The van der Waals surface area contributed by atoms with Crippen LogP contribution in [0.1, 0.15) is 24.5 Å². The third kappa shape index (κ3) is 2.04. The highest BCUT2D eigenvalue weighted by molar-refractivity contribution is 5.24. The lowest BCUT2D eigenvalue weighted by Crippen LogP contribution is -2.27. The average Bonchev–Trinajstić information content (AvgIpc) is 2.30. The Morgan fingerprint density at radius 1 is 1.43 bits per heavy atom. The van der Waals surface area contributed by atoms with Gasteiger partial charge in [0.1, 0.15) is 5.75 Å². The van der Waals surface area contributed by atoms with Gasteiger partial charge in [-0.3, -0.25) is 4.98 Å². The number of nitrogens with zero attached hydrogens (tertiary/aromatic N) is 1. The smallest absolute Gasteiger partial charge is 0.122 e. The van der Waals surface area contributed by atoms with E-state index < -0.39 is 0 Å². The molecule has 2 rings (SSSR count). The monoisotopic (exact) mass is 192 g/mol. The van der Waals surface area contributed by atoms with Crippen LogP contribution in [0.25, 0.3) is 0 Å². The summed E-state index contributed by atoms with van der Waals surface area (Å²) >= 11 is 0. The molecular formula is C11H16N2O. The minimum atomic E-state index is 0.603. The Hall–Kier alpha value is -1.09. The maximum Gasteiger partial charge on any atom is 0.122 e. The summed E-state index contributed by atoms with van der Waals surface area (Å²) in [5, 5.41) is 3.35. The van der Waals surface area contributed by atoms with Gasteiger partial charge in [0.05, 0.1) is 7.11 Å². The Bertz CT molecular complexity index is 295.